The molecule has 150 valence electrons. The van der Waals surface area contributed by atoms with Crippen LogP contribution in [0.2, 0.25) is 0 Å². The largest absolute Gasteiger partial charge is 0.468 e. The lowest BCUT2D eigenvalue weighted by molar-refractivity contribution is -0.141. The van der Waals surface area contributed by atoms with Gasteiger partial charge in [0.1, 0.15) is 12.6 Å². The number of amides is 2. The van der Waals surface area contributed by atoms with E-state index >= 15 is 0 Å². The number of carbonyl (C=O) groups is 4. The summed E-state index contributed by atoms with van der Waals surface area (Å²) < 4.78 is 9.26. The fourth-order valence-corrected chi connectivity index (χ4v) is 3.17. The second-order valence-corrected chi connectivity index (χ2v) is 6.27. The maximum Gasteiger partial charge on any atom is 0.337 e. The van der Waals surface area contributed by atoms with Crippen molar-refractivity contribution >= 4 is 46.8 Å². The molecule has 1 aromatic carbocycles. The van der Waals surface area contributed by atoms with E-state index in [1.165, 1.54) is 36.2 Å². The molecule has 0 bridgehead atoms. The molecule has 1 aliphatic heterocycles. The molecular weight excluding hydrogens is 386 g/mol. The number of anilines is 1. The van der Waals surface area contributed by atoms with Gasteiger partial charge in [0.25, 0.3) is 5.91 Å². The Morgan fingerprint density at radius 3 is 2.32 bits per heavy atom. The molecule has 0 spiro atoms. The van der Waals surface area contributed by atoms with Crippen molar-refractivity contribution in [3.8, 4) is 0 Å². The zero-order valence-corrected chi connectivity index (χ0v) is 16.6. The molecule has 1 aliphatic rings. The molecule has 0 saturated carbocycles. The summed E-state index contributed by atoms with van der Waals surface area (Å²) in [7, 11) is 2.52. The molecule has 2 amide bonds. The predicted octanol–water partition coefficient (Wildman–Crippen LogP) is 0.792. The van der Waals surface area contributed by atoms with Crippen LogP contribution < -0.4 is 5.32 Å². The van der Waals surface area contributed by atoms with Crippen LogP contribution in [0, 0.1) is 0 Å². The monoisotopic (exact) mass is 407 g/mol. The van der Waals surface area contributed by atoms with Crippen molar-refractivity contribution in [3.63, 3.8) is 0 Å². The van der Waals surface area contributed by atoms with E-state index in [4.69, 9.17) is 12.2 Å². The van der Waals surface area contributed by atoms with Crippen molar-refractivity contribution in [2.75, 3.05) is 32.6 Å². The third-order valence-corrected chi connectivity index (χ3v) is 4.67. The van der Waals surface area contributed by atoms with Crippen LogP contribution in [0.25, 0.3) is 0 Å². The summed E-state index contributed by atoms with van der Waals surface area (Å²) in [4.78, 5) is 50.9. The Balaban J connectivity index is 2.09. The lowest BCUT2D eigenvalue weighted by atomic mass is 10.1. The molecule has 28 heavy (non-hydrogen) atoms. The molecule has 0 radical (unpaired) electrons. The number of methoxy groups -OCH3 is 2. The highest BCUT2D eigenvalue weighted by atomic mass is 32.1. The third kappa shape index (κ3) is 4.63. The average Bonchev–Trinajstić information content (AvgIpc) is 2.91. The first-order valence-electron chi connectivity index (χ1n) is 8.49. The summed E-state index contributed by atoms with van der Waals surface area (Å²) in [5, 5.41) is 2.85. The van der Waals surface area contributed by atoms with Gasteiger partial charge in [-0.3, -0.25) is 19.3 Å². The summed E-state index contributed by atoms with van der Waals surface area (Å²) >= 11 is 5.26. The molecule has 10 heteroatoms. The normalized spacial score (nSPS) is 16.2. The van der Waals surface area contributed by atoms with Crippen LogP contribution in [0.4, 0.5) is 5.69 Å². The topological polar surface area (TPSA) is 105 Å². The zero-order chi connectivity index (χ0) is 20.8. The molecule has 0 aliphatic carbocycles. The minimum absolute atomic E-state index is 0.189. The number of thiocarbonyl (C=S) groups is 1. The summed E-state index contributed by atoms with van der Waals surface area (Å²) in [5.74, 6) is -1.81. The Morgan fingerprint density at radius 1 is 1.14 bits per heavy atom. The Labute approximate surface area is 167 Å². The van der Waals surface area contributed by atoms with Gasteiger partial charge in [0.05, 0.1) is 26.2 Å². The van der Waals surface area contributed by atoms with Gasteiger partial charge in [0, 0.05) is 12.2 Å². The van der Waals surface area contributed by atoms with Gasteiger partial charge >= 0.3 is 11.9 Å². The molecule has 1 fully saturated rings. The van der Waals surface area contributed by atoms with E-state index in [2.05, 4.69) is 14.8 Å². The third-order valence-electron chi connectivity index (χ3n) is 4.22. The zero-order valence-electron chi connectivity index (χ0n) is 15.8. The molecular formula is C18H21N3O6S. The summed E-state index contributed by atoms with van der Waals surface area (Å²) in [6, 6.07) is 5.24. The van der Waals surface area contributed by atoms with Crippen LogP contribution in [-0.4, -0.2) is 72.0 Å². The molecule has 9 nitrogen and oxygen atoms in total. The summed E-state index contributed by atoms with van der Waals surface area (Å²) in [6.07, 6.45) is -0.189. The van der Waals surface area contributed by atoms with E-state index in [9.17, 15) is 19.2 Å². The first-order valence-corrected chi connectivity index (χ1v) is 8.90. The summed E-state index contributed by atoms with van der Waals surface area (Å²) in [5.41, 5.74) is 0.803. The van der Waals surface area contributed by atoms with Crippen LogP contribution in [0.5, 0.6) is 0 Å². The number of hydrogen-bond acceptors (Lipinski definition) is 7. The lowest BCUT2D eigenvalue weighted by Crippen LogP contribution is -2.41. The standard InChI is InChI=1S/C18H21N3O6S/c1-4-20-16(24)13(21(18(20)28)10-15(23)26-2)9-14(22)19-12-7-5-11(6-8-12)17(25)27-3/h5-8,13H,4,9-10H2,1-3H3,(H,19,22). The van der Waals surface area contributed by atoms with Crippen LogP contribution in [-0.2, 0) is 23.9 Å². The van der Waals surface area contributed by atoms with Crippen molar-refractivity contribution in [2.45, 2.75) is 19.4 Å². The predicted molar refractivity (Wildman–Crippen MR) is 104 cm³/mol. The number of nitrogens with zero attached hydrogens (tertiary/aromatic N) is 2. The fourth-order valence-electron chi connectivity index (χ4n) is 2.76. The van der Waals surface area contributed by atoms with Crippen molar-refractivity contribution < 1.29 is 28.7 Å². The number of benzene rings is 1. The highest BCUT2D eigenvalue weighted by molar-refractivity contribution is 7.80. The van der Waals surface area contributed by atoms with Crippen LogP contribution in [0.3, 0.4) is 0 Å². The molecule has 1 heterocycles. The number of likely N-dealkylation sites (N-methyl/N-ethyl adjacent to an activating group) is 1. The van der Waals surface area contributed by atoms with Gasteiger partial charge in [-0.1, -0.05) is 0 Å². The Hall–Kier alpha value is -3.01. The van der Waals surface area contributed by atoms with E-state index in [-0.39, 0.29) is 24.0 Å². The number of ether oxygens (including phenoxy) is 2. The molecule has 1 saturated heterocycles. The maximum absolute atomic E-state index is 12.6. The summed E-state index contributed by atoms with van der Waals surface area (Å²) in [6.45, 7) is 1.87. The average molecular weight is 407 g/mol. The van der Waals surface area contributed by atoms with Gasteiger partial charge in [0.2, 0.25) is 5.91 Å². The van der Waals surface area contributed by atoms with Gasteiger partial charge in [-0.05, 0) is 43.4 Å². The molecule has 1 unspecified atom stereocenters. The van der Waals surface area contributed by atoms with Crippen molar-refractivity contribution in [1.29, 1.82) is 0 Å². The van der Waals surface area contributed by atoms with Gasteiger partial charge < -0.3 is 19.7 Å². The first-order chi connectivity index (χ1) is 13.3. The second-order valence-electron chi connectivity index (χ2n) is 5.91. The number of hydrogen-bond donors (Lipinski definition) is 1. The number of rotatable bonds is 7. The SMILES string of the molecule is CCN1C(=O)C(CC(=O)Nc2ccc(C(=O)OC)cc2)N(CC(=O)OC)C1=S. The number of carbonyl (C=O) groups excluding carboxylic acids is 4. The van der Waals surface area contributed by atoms with E-state index in [0.29, 0.717) is 17.8 Å². The second kappa shape index (κ2) is 9.27. The van der Waals surface area contributed by atoms with E-state index in [0.717, 1.165) is 0 Å². The van der Waals surface area contributed by atoms with E-state index < -0.39 is 23.9 Å². The Bertz CT molecular complexity index is 795. The van der Waals surface area contributed by atoms with Crippen molar-refractivity contribution in [1.82, 2.24) is 9.80 Å². The van der Waals surface area contributed by atoms with Gasteiger partial charge in [-0.25, -0.2) is 4.79 Å². The maximum atomic E-state index is 12.6. The molecule has 2 rings (SSSR count). The number of esters is 2. The fraction of sp³-hybridized carbons (Fsp3) is 0.389. The van der Waals surface area contributed by atoms with E-state index in [1.54, 1.807) is 19.1 Å². The number of nitrogens with one attached hydrogen (secondary N) is 1. The molecule has 1 aromatic rings. The quantitative estimate of drug-likeness (QED) is 0.523. The first kappa shape index (κ1) is 21.3. The molecule has 0 aromatic heterocycles. The van der Waals surface area contributed by atoms with Crippen LogP contribution >= 0.6 is 12.2 Å². The van der Waals surface area contributed by atoms with Crippen molar-refractivity contribution in [3.05, 3.63) is 29.8 Å². The van der Waals surface area contributed by atoms with E-state index in [1.807, 2.05) is 0 Å². The molecule has 1 N–H and O–H groups in total. The van der Waals surface area contributed by atoms with Gasteiger partial charge in [-0.15, -0.1) is 0 Å². The Morgan fingerprint density at radius 2 is 1.79 bits per heavy atom. The molecule has 1 atom stereocenters. The van der Waals surface area contributed by atoms with Gasteiger partial charge in [0.15, 0.2) is 5.11 Å². The lowest BCUT2D eigenvalue weighted by Gasteiger charge is -2.22. The van der Waals surface area contributed by atoms with Crippen molar-refractivity contribution in [2.24, 2.45) is 0 Å². The van der Waals surface area contributed by atoms with Crippen LogP contribution in [0.1, 0.15) is 23.7 Å². The highest BCUT2D eigenvalue weighted by Crippen LogP contribution is 2.21. The minimum Gasteiger partial charge on any atom is -0.468 e. The Kier molecular flexibility index (Phi) is 7.05. The minimum atomic E-state index is -0.888. The van der Waals surface area contributed by atoms with Gasteiger partial charge in [-0.2, -0.15) is 0 Å². The highest BCUT2D eigenvalue weighted by Gasteiger charge is 2.43. The van der Waals surface area contributed by atoms with Crippen LogP contribution in [0.15, 0.2) is 24.3 Å². The smallest absolute Gasteiger partial charge is 0.337 e.